The monoisotopic (exact) mass is 968 g/mol. The first-order valence-electron chi connectivity index (χ1n) is 22.6. The van der Waals surface area contributed by atoms with Crippen molar-refractivity contribution in [1.82, 2.24) is 42.5 Å². The van der Waals surface area contributed by atoms with Gasteiger partial charge < -0.3 is 78.5 Å². The number of carboxylic acid groups (broad SMARTS) is 1. The molecule has 0 heterocycles. The van der Waals surface area contributed by atoms with Gasteiger partial charge in [0.2, 0.25) is 41.4 Å². The van der Waals surface area contributed by atoms with Crippen LogP contribution in [0.1, 0.15) is 86.1 Å². The van der Waals surface area contributed by atoms with Gasteiger partial charge in [0.25, 0.3) is 0 Å². The summed E-state index contributed by atoms with van der Waals surface area (Å²) < 4.78 is 5.24. The van der Waals surface area contributed by atoms with Crippen molar-refractivity contribution in [2.45, 2.75) is 142 Å². The van der Waals surface area contributed by atoms with Gasteiger partial charge in [-0.3, -0.25) is 33.6 Å². The van der Waals surface area contributed by atoms with E-state index in [9.17, 15) is 58.5 Å². The minimum atomic E-state index is -1.73. The van der Waals surface area contributed by atoms with Crippen LogP contribution in [0.25, 0.3) is 0 Å². The second-order valence-electron chi connectivity index (χ2n) is 17.2. The predicted molar refractivity (Wildman–Crippen MR) is 244 cm³/mol. The Hall–Kier alpha value is -5.95. The van der Waals surface area contributed by atoms with Crippen LogP contribution in [0, 0.1) is 17.8 Å². The normalized spacial score (nSPS) is 15.6. The topological polar surface area (TPSA) is 386 Å². The number of alkyl carbamates (subject to hydrolysis) is 1. The fourth-order valence-corrected chi connectivity index (χ4v) is 6.30. The van der Waals surface area contributed by atoms with Crippen LogP contribution < -0.4 is 48.3 Å². The number of aliphatic hydroxyl groups excluding tert-OH is 4. The van der Waals surface area contributed by atoms with E-state index in [1.54, 1.807) is 65.8 Å². The number of benzene rings is 1. The Morgan fingerprint density at radius 1 is 0.647 bits per heavy atom. The van der Waals surface area contributed by atoms with Crippen LogP contribution in [0.4, 0.5) is 4.79 Å². The summed E-state index contributed by atoms with van der Waals surface area (Å²) in [7, 11) is 0. The highest BCUT2D eigenvalue weighted by Gasteiger charge is 2.36. The van der Waals surface area contributed by atoms with E-state index in [1.807, 2.05) is 11.4 Å². The molecule has 0 fully saturated rings. The molecule has 0 bridgehead atoms. The van der Waals surface area contributed by atoms with Crippen molar-refractivity contribution < 1.29 is 73.4 Å². The lowest BCUT2D eigenvalue weighted by Gasteiger charge is -2.30. The first-order valence-corrected chi connectivity index (χ1v) is 22.6. The van der Waals surface area contributed by atoms with Gasteiger partial charge in [0, 0.05) is 6.54 Å². The molecule has 384 valence electrons. The molecule has 1 rings (SSSR count). The minimum absolute atomic E-state index is 0.0256. The third-order valence-electron chi connectivity index (χ3n) is 10.6. The molecule has 1 unspecified atom stereocenters. The van der Waals surface area contributed by atoms with Crippen LogP contribution in [0.5, 0.6) is 0 Å². The maximum absolute atomic E-state index is 14.1. The minimum Gasteiger partial charge on any atom is -0.480 e. The molecule has 0 radical (unpaired) electrons. The largest absolute Gasteiger partial charge is 0.480 e. The molecule has 8 amide bonds. The second-order valence-corrected chi connectivity index (χ2v) is 17.2. The number of aliphatic hydroxyl groups is 4. The molecule has 0 aromatic heterocycles. The average Bonchev–Trinajstić information content (AvgIpc) is 3.29. The molecule has 1 aromatic rings. The third kappa shape index (κ3) is 21.8. The Morgan fingerprint density at radius 2 is 1.21 bits per heavy atom. The number of nitrogens with one attached hydrogen (secondary N) is 8. The van der Waals surface area contributed by atoms with Crippen LogP contribution >= 0.6 is 0 Å². The number of aliphatic carboxylic acids is 1. The first kappa shape index (κ1) is 60.1. The number of nitrogens with two attached hydrogens (primary N) is 1. The Kier molecular flexibility index (Phi) is 27.5. The van der Waals surface area contributed by atoms with Crippen LogP contribution in [0.2, 0.25) is 0 Å². The molecule has 0 aliphatic carbocycles. The summed E-state index contributed by atoms with van der Waals surface area (Å²) >= 11 is 0. The molecule has 15 N–H and O–H groups in total. The van der Waals surface area contributed by atoms with Crippen molar-refractivity contribution in [3.63, 3.8) is 0 Å². The van der Waals surface area contributed by atoms with E-state index >= 15 is 0 Å². The van der Waals surface area contributed by atoms with E-state index in [0.29, 0.717) is 12.8 Å². The first-order chi connectivity index (χ1) is 32.0. The third-order valence-corrected chi connectivity index (χ3v) is 10.6. The summed E-state index contributed by atoms with van der Waals surface area (Å²) in [6, 6.07) is -1.37. The number of hydrogen-bond donors (Lipinski definition) is 14. The predicted octanol–water partition coefficient (Wildman–Crippen LogP) is -3.01. The van der Waals surface area contributed by atoms with Crippen LogP contribution in [0.3, 0.4) is 0 Å². The molecule has 1 aromatic carbocycles. The summed E-state index contributed by atoms with van der Waals surface area (Å²) in [4.78, 5) is 117. The highest BCUT2D eigenvalue weighted by atomic mass is 16.5. The summed E-state index contributed by atoms with van der Waals surface area (Å²) in [5.41, 5.74) is 6.78. The maximum Gasteiger partial charge on any atom is 0.407 e. The van der Waals surface area contributed by atoms with Crippen molar-refractivity contribution in [2.24, 2.45) is 23.5 Å². The number of ether oxygens (including phenoxy) is 1. The highest BCUT2D eigenvalue weighted by molar-refractivity contribution is 5.97. The van der Waals surface area contributed by atoms with Crippen molar-refractivity contribution >= 4 is 53.4 Å². The number of hydrogen-bond acceptors (Lipinski definition) is 15. The highest BCUT2D eigenvalue weighted by Crippen LogP contribution is 2.13. The molecule has 0 aliphatic heterocycles. The lowest BCUT2D eigenvalue weighted by molar-refractivity contribution is -0.143. The fourth-order valence-electron chi connectivity index (χ4n) is 6.30. The summed E-state index contributed by atoms with van der Waals surface area (Å²) in [6.45, 7) is 8.81. The zero-order valence-corrected chi connectivity index (χ0v) is 39.8. The lowest BCUT2D eigenvalue weighted by atomic mass is 9.96. The zero-order chi connectivity index (χ0) is 51.7. The molecule has 24 nitrogen and oxygen atoms in total. The molecule has 0 saturated carbocycles. The summed E-state index contributed by atoms with van der Waals surface area (Å²) in [6.07, 6.45) is -2.51. The average molecular weight is 968 g/mol. The SMILES string of the molecule is CC[C@H](C)[C@H](NC(=O)[C@@H](CCCCNC(=O)OCc1ccccc1)NC(=O)[C@H](CC(C)C)NC(=O)C(N)[C@H](O)C(C)C)C(=O)N[C@H](C(=O)NCC(=O)N[C@@H](CO)C(=O)N[C@@H](CO)C(=O)O)[C@H](C)O. The van der Waals surface area contributed by atoms with E-state index in [2.05, 4.69) is 37.2 Å². The Labute approximate surface area is 396 Å². The number of rotatable bonds is 31. The lowest BCUT2D eigenvalue weighted by Crippen LogP contribution is -2.62. The molecule has 68 heavy (non-hydrogen) atoms. The summed E-state index contributed by atoms with van der Waals surface area (Å²) in [5, 5.41) is 67.8. The molecular weight excluding hydrogens is 895 g/mol. The smallest absolute Gasteiger partial charge is 0.407 e. The van der Waals surface area contributed by atoms with Gasteiger partial charge in [-0.2, -0.15) is 0 Å². The van der Waals surface area contributed by atoms with E-state index in [0.717, 1.165) is 5.56 Å². The number of amides is 8. The Bertz CT molecular complexity index is 1800. The maximum atomic E-state index is 14.1. The number of unbranched alkanes of at least 4 members (excludes halogenated alkanes) is 1. The molecule has 0 aliphatic rings. The summed E-state index contributed by atoms with van der Waals surface area (Å²) in [5.74, 6) is -9.30. The van der Waals surface area contributed by atoms with Crippen LogP contribution in [-0.2, 0) is 49.7 Å². The molecule has 0 spiro atoms. The van der Waals surface area contributed by atoms with Gasteiger partial charge in [0.15, 0.2) is 0 Å². The van der Waals surface area contributed by atoms with Gasteiger partial charge in [-0.1, -0.05) is 78.3 Å². The van der Waals surface area contributed by atoms with E-state index in [4.69, 9.17) is 20.7 Å². The van der Waals surface area contributed by atoms with Crippen molar-refractivity contribution in [2.75, 3.05) is 26.3 Å². The second kappa shape index (κ2) is 31.2. The van der Waals surface area contributed by atoms with Gasteiger partial charge in [0.1, 0.15) is 48.9 Å². The molecular formula is C44H73N9O15. The fraction of sp³-hybridized carbons (Fsp3) is 0.659. The van der Waals surface area contributed by atoms with E-state index in [-0.39, 0.29) is 44.2 Å². The van der Waals surface area contributed by atoms with E-state index in [1.165, 1.54) is 6.92 Å². The standard InChI is InChI=1S/C44H73N9O15/c1-8-25(6)34(42(64)53-35(26(7)56)41(63)47-19-32(57)48-30(20-54)39(61)51-31(21-55)43(65)66)52-37(59)28(16-12-13-17-46-44(67)68-22-27-14-10-9-11-15-27)49-38(60)29(18-23(2)3)50-40(62)33(45)36(58)24(4)5/h9-11,14-15,23-26,28-31,33-36,54-56,58H,8,12-13,16-22,45H2,1-7H3,(H,46,67)(H,47,63)(H,48,57)(H,49,60)(H,50,62)(H,51,61)(H,52,59)(H,53,64)(H,65,66)/t25-,26-,28+,29-,30-,31-,33?,34-,35-,36+/m0/s1. The number of carbonyl (C=O) groups excluding carboxylic acids is 8. The number of carbonyl (C=O) groups is 9. The van der Waals surface area contributed by atoms with Gasteiger partial charge in [-0.25, -0.2) is 9.59 Å². The van der Waals surface area contributed by atoms with Gasteiger partial charge >= 0.3 is 12.1 Å². The van der Waals surface area contributed by atoms with Crippen LogP contribution in [-0.4, -0.2) is 160 Å². The van der Waals surface area contributed by atoms with E-state index < -0.39 is 134 Å². The van der Waals surface area contributed by atoms with Crippen molar-refractivity contribution in [3.05, 3.63) is 35.9 Å². The number of carboxylic acids is 1. The molecule has 0 saturated heterocycles. The quantitative estimate of drug-likeness (QED) is 0.0330. The van der Waals surface area contributed by atoms with Gasteiger partial charge in [-0.05, 0) is 55.9 Å². The van der Waals surface area contributed by atoms with Crippen molar-refractivity contribution in [1.29, 1.82) is 0 Å². The Balaban J connectivity index is 3.25. The Morgan fingerprint density at radius 3 is 1.75 bits per heavy atom. The van der Waals surface area contributed by atoms with Gasteiger partial charge in [0.05, 0.1) is 32.0 Å². The van der Waals surface area contributed by atoms with Gasteiger partial charge in [-0.15, -0.1) is 0 Å². The van der Waals surface area contributed by atoms with Crippen molar-refractivity contribution in [3.8, 4) is 0 Å². The molecule has 10 atom stereocenters. The zero-order valence-electron chi connectivity index (χ0n) is 39.8. The van der Waals surface area contributed by atoms with Crippen LogP contribution in [0.15, 0.2) is 30.3 Å². The molecule has 24 heteroatoms.